The topological polar surface area (TPSA) is 31.0 Å². The minimum absolute atomic E-state index is 0.250. The Morgan fingerprint density at radius 3 is 2.73 bits per heavy atom. The molecule has 2 atom stereocenters. The van der Waals surface area contributed by atoms with Crippen molar-refractivity contribution in [1.29, 1.82) is 0 Å². The SMILES string of the molecule is COCOC[C@H]1O[C@@H]1Cc1ccccc1. The van der Waals surface area contributed by atoms with Gasteiger partial charge in [-0.1, -0.05) is 30.3 Å². The van der Waals surface area contributed by atoms with E-state index < -0.39 is 0 Å². The van der Waals surface area contributed by atoms with Crippen molar-refractivity contribution in [3.63, 3.8) is 0 Å². The van der Waals surface area contributed by atoms with E-state index in [-0.39, 0.29) is 6.10 Å². The van der Waals surface area contributed by atoms with Crippen LogP contribution in [-0.4, -0.2) is 32.7 Å². The van der Waals surface area contributed by atoms with E-state index in [9.17, 15) is 0 Å². The number of epoxide rings is 1. The van der Waals surface area contributed by atoms with Crippen molar-refractivity contribution in [3.05, 3.63) is 35.9 Å². The Bertz CT molecular complexity index is 286. The zero-order valence-corrected chi connectivity index (χ0v) is 8.89. The fraction of sp³-hybridized carbons (Fsp3) is 0.500. The van der Waals surface area contributed by atoms with Crippen LogP contribution in [0.3, 0.4) is 0 Å². The molecule has 3 heteroatoms. The lowest BCUT2D eigenvalue weighted by Gasteiger charge is -1.99. The second-order valence-corrected chi connectivity index (χ2v) is 3.68. The summed E-state index contributed by atoms with van der Waals surface area (Å²) in [5.41, 5.74) is 1.32. The van der Waals surface area contributed by atoms with Crippen LogP contribution in [0, 0.1) is 0 Å². The van der Waals surface area contributed by atoms with Gasteiger partial charge in [0.05, 0.1) is 12.7 Å². The van der Waals surface area contributed by atoms with Crippen molar-refractivity contribution in [1.82, 2.24) is 0 Å². The lowest BCUT2D eigenvalue weighted by atomic mass is 10.1. The Hall–Kier alpha value is -0.900. The van der Waals surface area contributed by atoms with E-state index in [0.29, 0.717) is 19.5 Å². The Labute approximate surface area is 90.0 Å². The summed E-state index contributed by atoms with van der Waals surface area (Å²) in [6, 6.07) is 10.4. The van der Waals surface area contributed by atoms with Crippen LogP contribution < -0.4 is 0 Å². The first-order chi connectivity index (χ1) is 7.40. The predicted molar refractivity (Wildman–Crippen MR) is 56.6 cm³/mol. The number of ether oxygens (including phenoxy) is 3. The average Bonchev–Trinajstić information content (AvgIpc) is 2.99. The van der Waals surface area contributed by atoms with Gasteiger partial charge < -0.3 is 14.2 Å². The molecule has 1 fully saturated rings. The van der Waals surface area contributed by atoms with Crippen molar-refractivity contribution < 1.29 is 14.2 Å². The van der Waals surface area contributed by atoms with Crippen molar-refractivity contribution in [2.75, 3.05) is 20.5 Å². The van der Waals surface area contributed by atoms with E-state index in [4.69, 9.17) is 14.2 Å². The van der Waals surface area contributed by atoms with Gasteiger partial charge in [0.1, 0.15) is 12.9 Å². The maximum absolute atomic E-state index is 5.49. The molecule has 0 aromatic heterocycles. The quantitative estimate of drug-likeness (QED) is 0.404. The summed E-state index contributed by atoms with van der Waals surface area (Å²) >= 11 is 0. The fourth-order valence-electron chi connectivity index (χ4n) is 1.60. The molecular formula is C12H16O3. The summed E-state index contributed by atoms with van der Waals surface area (Å²) in [5, 5.41) is 0. The lowest BCUT2D eigenvalue weighted by Crippen LogP contribution is -2.08. The van der Waals surface area contributed by atoms with Crippen molar-refractivity contribution in [2.45, 2.75) is 18.6 Å². The minimum atomic E-state index is 0.250. The zero-order valence-electron chi connectivity index (χ0n) is 8.89. The molecule has 0 spiro atoms. The molecule has 2 rings (SSSR count). The van der Waals surface area contributed by atoms with Gasteiger partial charge in [-0.15, -0.1) is 0 Å². The normalized spacial score (nSPS) is 24.1. The predicted octanol–water partition coefficient (Wildman–Crippen LogP) is 1.62. The molecule has 0 N–H and O–H groups in total. The van der Waals surface area contributed by atoms with Gasteiger partial charge in [-0.25, -0.2) is 0 Å². The molecule has 1 saturated heterocycles. The molecule has 0 saturated carbocycles. The average molecular weight is 208 g/mol. The van der Waals surface area contributed by atoms with Gasteiger partial charge in [-0.3, -0.25) is 0 Å². The summed E-state index contributed by atoms with van der Waals surface area (Å²) in [5.74, 6) is 0. The molecule has 0 radical (unpaired) electrons. The first-order valence-corrected chi connectivity index (χ1v) is 5.16. The molecule has 82 valence electrons. The molecule has 15 heavy (non-hydrogen) atoms. The summed E-state index contributed by atoms with van der Waals surface area (Å²) in [6.07, 6.45) is 1.55. The molecule has 0 unspecified atom stereocenters. The molecular weight excluding hydrogens is 192 g/mol. The third kappa shape index (κ3) is 3.30. The Kier molecular flexibility index (Phi) is 3.72. The van der Waals surface area contributed by atoms with Gasteiger partial charge in [0.15, 0.2) is 0 Å². The second kappa shape index (κ2) is 5.26. The molecule has 0 aliphatic carbocycles. The van der Waals surface area contributed by atoms with Crippen molar-refractivity contribution >= 4 is 0 Å². The van der Waals surface area contributed by atoms with Gasteiger partial charge in [0.2, 0.25) is 0 Å². The molecule has 1 aliphatic heterocycles. The Balaban J connectivity index is 1.67. The summed E-state index contributed by atoms with van der Waals surface area (Å²) < 4.78 is 15.5. The summed E-state index contributed by atoms with van der Waals surface area (Å²) in [4.78, 5) is 0. The fourth-order valence-corrected chi connectivity index (χ4v) is 1.60. The Morgan fingerprint density at radius 2 is 2.00 bits per heavy atom. The van der Waals surface area contributed by atoms with E-state index in [0.717, 1.165) is 6.42 Å². The van der Waals surface area contributed by atoms with E-state index >= 15 is 0 Å². The van der Waals surface area contributed by atoms with Crippen LogP contribution in [0.25, 0.3) is 0 Å². The molecule has 1 heterocycles. The number of hydrogen-bond acceptors (Lipinski definition) is 3. The smallest absolute Gasteiger partial charge is 0.146 e. The van der Waals surface area contributed by atoms with Gasteiger partial charge >= 0.3 is 0 Å². The van der Waals surface area contributed by atoms with Gasteiger partial charge in [0.25, 0.3) is 0 Å². The lowest BCUT2D eigenvalue weighted by molar-refractivity contribution is -0.0351. The largest absolute Gasteiger partial charge is 0.367 e. The molecule has 3 nitrogen and oxygen atoms in total. The minimum Gasteiger partial charge on any atom is -0.367 e. The maximum atomic E-state index is 5.49. The highest BCUT2D eigenvalue weighted by atomic mass is 16.7. The van der Waals surface area contributed by atoms with Crippen molar-refractivity contribution in [2.24, 2.45) is 0 Å². The molecule has 1 aromatic carbocycles. The Morgan fingerprint density at radius 1 is 1.20 bits per heavy atom. The first kappa shape index (κ1) is 10.6. The van der Waals surface area contributed by atoms with Crippen LogP contribution >= 0.6 is 0 Å². The third-order valence-corrected chi connectivity index (χ3v) is 2.45. The molecule has 1 aliphatic rings. The van der Waals surface area contributed by atoms with Gasteiger partial charge in [-0.2, -0.15) is 0 Å². The van der Waals surface area contributed by atoms with E-state index in [2.05, 4.69) is 12.1 Å². The zero-order chi connectivity index (χ0) is 10.5. The van der Waals surface area contributed by atoms with Crippen LogP contribution in [0.2, 0.25) is 0 Å². The third-order valence-electron chi connectivity index (χ3n) is 2.45. The molecule has 1 aromatic rings. The standard InChI is InChI=1S/C12H16O3/c1-13-9-14-8-12-11(15-12)7-10-5-3-2-4-6-10/h2-6,11-12H,7-9H2,1H3/t11-,12-/m1/s1. The van der Waals surface area contributed by atoms with Crippen LogP contribution in [-0.2, 0) is 20.6 Å². The number of benzene rings is 1. The molecule has 0 amide bonds. The summed E-state index contributed by atoms with van der Waals surface area (Å²) in [6.45, 7) is 0.975. The molecule has 0 bridgehead atoms. The highest BCUT2D eigenvalue weighted by molar-refractivity contribution is 5.17. The van der Waals surface area contributed by atoms with Gasteiger partial charge in [-0.05, 0) is 5.56 Å². The van der Waals surface area contributed by atoms with Gasteiger partial charge in [0, 0.05) is 13.5 Å². The number of hydrogen-bond donors (Lipinski definition) is 0. The summed E-state index contributed by atoms with van der Waals surface area (Å²) in [7, 11) is 1.62. The maximum Gasteiger partial charge on any atom is 0.146 e. The number of rotatable bonds is 6. The van der Waals surface area contributed by atoms with Crippen LogP contribution in [0.15, 0.2) is 30.3 Å². The van der Waals surface area contributed by atoms with Crippen LogP contribution in [0.1, 0.15) is 5.56 Å². The van der Waals surface area contributed by atoms with E-state index in [1.54, 1.807) is 7.11 Å². The van der Waals surface area contributed by atoms with E-state index in [1.165, 1.54) is 5.56 Å². The van der Waals surface area contributed by atoms with Crippen molar-refractivity contribution in [3.8, 4) is 0 Å². The van der Waals surface area contributed by atoms with Crippen LogP contribution in [0.4, 0.5) is 0 Å². The first-order valence-electron chi connectivity index (χ1n) is 5.16. The monoisotopic (exact) mass is 208 g/mol. The second-order valence-electron chi connectivity index (χ2n) is 3.68. The van der Waals surface area contributed by atoms with E-state index in [1.807, 2.05) is 18.2 Å². The highest BCUT2D eigenvalue weighted by Gasteiger charge is 2.38. The number of methoxy groups -OCH3 is 1. The van der Waals surface area contributed by atoms with Crippen LogP contribution in [0.5, 0.6) is 0 Å². The highest BCUT2D eigenvalue weighted by Crippen LogP contribution is 2.26.